The van der Waals surface area contributed by atoms with Crippen LogP contribution in [0.15, 0.2) is 18.2 Å². The van der Waals surface area contributed by atoms with Crippen molar-refractivity contribution in [3.05, 3.63) is 29.3 Å². The molecule has 0 aromatic heterocycles. The number of benzene rings is 1. The Bertz CT molecular complexity index is 439. The van der Waals surface area contributed by atoms with Crippen LogP contribution in [0.3, 0.4) is 0 Å². The molecule has 1 heterocycles. The van der Waals surface area contributed by atoms with Crippen molar-refractivity contribution in [3.8, 4) is 5.75 Å². The van der Waals surface area contributed by atoms with E-state index >= 15 is 0 Å². The number of hydrogen-bond donors (Lipinski definition) is 1. The second-order valence-electron chi connectivity index (χ2n) is 6.38. The summed E-state index contributed by atoms with van der Waals surface area (Å²) in [6.07, 6.45) is 5.34. The van der Waals surface area contributed by atoms with Crippen molar-refractivity contribution in [2.45, 2.75) is 45.6 Å². The van der Waals surface area contributed by atoms with Gasteiger partial charge in [-0.1, -0.05) is 37.5 Å². The molecule has 1 aliphatic heterocycles. The molecule has 118 valence electrons. The SMILES string of the molecule is CCCC1CCN(CC(N)c2cc(C)ccc2OC)CC1. The van der Waals surface area contributed by atoms with Crippen molar-refractivity contribution in [2.24, 2.45) is 11.7 Å². The fourth-order valence-corrected chi connectivity index (χ4v) is 3.39. The molecule has 1 unspecified atom stereocenters. The Morgan fingerprint density at radius 2 is 2.05 bits per heavy atom. The maximum absolute atomic E-state index is 6.44. The van der Waals surface area contributed by atoms with Crippen LogP contribution >= 0.6 is 0 Å². The van der Waals surface area contributed by atoms with Gasteiger partial charge in [-0.3, -0.25) is 0 Å². The molecule has 1 aromatic rings. The third kappa shape index (κ3) is 4.45. The maximum Gasteiger partial charge on any atom is 0.123 e. The van der Waals surface area contributed by atoms with Gasteiger partial charge in [0.1, 0.15) is 5.75 Å². The Kier molecular flexibility index (Phi) is 6.07. The monoisotopic (exact) mass is 290 g/mol. The highest BCUT2D eigenvalue weighted by atomic mass is 16.5. The molecule has 1 aliphatic rings. The summed E-state index contributed by atoms with van der Waals surface area (Å²) in [7, 11) is 1.72. The third-order valence-corrected chi connectivity index (χ3v) is 4.64. The quantitative estimate of drug-likeness (QED) is 0.871. The number of nitrogens with zero attached hydrogens (tertiary/aromatic N) is 1. The molecule has 0 radical (unpaired) electrons. The molecule has 2 N–H and O–H groups in total. The largest absolute Gasteiger partial charge is 0.496 e. The van der Waals surface area contributed by atoms with Gasteiger partial charge in [0.25, 0.3) is 0 Å². The summed E-state index contributed by atoms with van der Waals surface area (Å²) in [5, 5.41) is 0. The Morgan fingerprint density at radius 3 is 2.67 bits per heavy atom. The van der Waals surface area contributed by atoms with Crippen LogP contribution in [0.5, 0.6) is 5.75 Å². The summed E-state index contributed by atoms with van der Waals surface area (Å²) in [6, 6.07) is 6.29. The van der Waals surface area contributed by atoms with E-state index in [4.69, 9.17) is 10.5 Å². The summed E-state index contributed by atoms with van der Waals surface area (Å²) in [4.78, 5) is 2.51. The Labute approximate surface area is 129 Å². The molecule has 2 rings (SSSR count). The Morgan fingerprint density at radius 1 is 1.33 bits per heavy atom. The molecule has 1 atom stereocenters. The van der Waals surface area contributed by atoms with E-state index in [0.29, 0.717) is 0 Å². The van der Waals surface area contributed by atoms with Crippen molar-refractivity contribution in [3.63, 3.8) is 0 Å². The van der Waals surface area contributed by atoms with Crippen LogP contribution in [0.2, 0.25) is 0 Å². The van der Waals surface area contributed by atoms with Gasteiger partial charge in [0.2, 0.25) is 0 Å². The van der Waals surface area contributed by atoms with E-state index in [1.54, 1.807) is 7.11 Å². The zero-order chi connectivity index (χ0) is 15.2. The minimum absolute atomic E-state index is 0.0302. The zero-order valence-electron chi connectivity index (χ0n) is 13.8. The van der Waals surface area contributed by atoms with Crippen LogP contribution in [0.1, 0.15) is 49.8 Å². The Balaban J connectivity index is 1.93. The number of ether oxygens (including phenoxy) is 1. The maximum atomic E-state index is 6.44. The molecule has 0 aliphatic carbocycles. The van der Waals surface area contributed by atoms with Crippen molar-refractivity contribution < 1.29 is 4.74 Å². The lowest BCUT2D eigenvalue weighted by molar-refractivity contribution is 0.169. The highest BCUT2D eigenvalue weighted by molar-refractivity contribution is 5.39. The van der Waals surface area contributed by atoms with Gasteiger partial charge >= 0.3 is 0 Å². The van der Waals surface area contributed by atoms with Crippen molar-refractivity contribution in [2.75, 3.05) is 26.7 Å². The van der Waals surface area contributed by atoms with Crippen LogP contribution in [-0.4, -0.2) is 31.6 Å². The topological polar surface area (TPSA) is 38.5 Å². The summed E-state index contributed by atoms with van der Waals surface area (Å²) in [5.41, 5.74) is 8.81. The number of likely N-dealkylation sites (tertiary alicyclic amines) is 1. The van der Waals surface area contributed by atoms with Gasteiger partial charge in [-0.25, -0.2) is 0 Å². The first kappa shape index (κ1) is 16.3. The lowest BCUT2D eigenvalue weighted by atomic mass is 9.92. The van der Waals surface area contributed by atoms with E-state index in [-0.39, 0.29) is 6.04 Å². The first-order valence-corrected chi connectivity index (χ1v) is 8.26. The second kappa shape index (κ2) is 7.81. The van der Waals surface area contributed by atoms with E-state index < -0.39 is 0 Å². The van der Waals surface area contributed by atoms with Crippen LogP contribution in [-0.2, 0) is 0 Å². The minimum Gasteiger partial charge on any atom is -0.496 e. The lowest BCUT2D eigenvalue weighted by Gasteiger charge is -2.33. The van der Waals surface area contributed by atoms with Gasteiger partial charge in [-0.2, -0.15) is 0 Å². The molecular weight excluding hydrogens is 260 g/mol. The van der Waals surface area contributed by atoms with Gasteiger partial charge in [0, 0.05) is 18.2 Å². The number of nitrogens with two attached hydrogens (primary N) is 1. The molecular formula is C18H30N2O. The minimum atomic E-state index is 0.0302. The molecule has 0 spiro atoms. The average Bonchev–Trinajstić information content (AvgIpc) is 2.49. The van der Waals surface area contributed by atoms with Crippen LogP contribution < -0.4 is 10.5 Å². The molecule has 1 aromatic carbocycles. The smallest absolute Gasteiger partial charge is 0.123 e. The average molecular weight is 290 g/mol. The van der Waals surface area contributed by atoms with Gasteiger partial charge in [-0.05, 0) is 44.8 Å². The van der Waals surface area contributed by atoms with Crippen molar-refractivity contribution in [1.29, 1.82) is 0 Å². The van der Waals surface area contributed by atoms with Gasteiger partial charge in [0.15, 0.2) is 0 Å². The first-order valence-electron chi connectivity index (χ1n) is 8.26. The predicted molar refractivity (Wildman–Crippen MR) is 88.7 cm³/mol. The molecule has 3 nitrogen and oxygen atoms in total. The van der Waals surface area contributed by atoms with Crippen LogP contribution in [0, 0.1) is 12.8 Å². The number of aryl methyl sites for hydroxylation is 1. The standard InChI is InChI=1S/C18H30N2O/c1-4-5-15-8-10-20(11-9-15)13-17(19)16-12-14(2)6-7-18(16)21-3/h6-7,12,15,17H,4-5,8-11,13,19H2,1-3H3. The third-order valence-electron chi connectivity index (χ3n) is 4.64. The van der Waals surface area contributed by atoms with Gasteiger partial charge < -0.3 is 15.4 Å². The summed E-state index contributed by atoms with van der Waals surface area (Å²) >= 11 is 0. The number of methoxy groups -OCH3 is 1. The Hall–Kier alpha value is -1.06. The fourth-order valence-electron chi connectivity index (χ4n) is 3.39. The van der Waals surface area contributed by atoms with E-state index in [2.05, 4.69) is 30.9 Å². The predicted octanol–water partition coefficient (Wildman–Crippen LogP) is 3.52. The number of piperidine rings is 1. The number of hydrogen-bond acceptors (Lipinski definition) is 3. The van der Waals surface area contributed by atoms with Gasteiger partial charge in [0.05, 0.1) is 7.11 Å². The molecule has 0 amide bonds. The lowest BCUT2D eigenvalue weighted by Crippen LogP contribution is -2.38. The normalized spacial score (nSPS) is 18.7. The zero-order valence-corrected chi connectivity index (χ0v) is 13.8. The molecule has 21 heavy (non-hydrogen) atoms. The van der Waals surface area contributed by atoms with E-state index in [0.717, 1.165) is 23.8 Å². The highest BCUT2D eigenvalue weighted by Gasteiger charge is 2.21. The molecule has 0 saturated carbocycles. The van der Waals surface area contributed by atoms with E-state index in [1.807, 2.05) is 6.07 Å². The van der Waals surface area contributed by atoms with E-state index in [9.17, 15) is 0 Å². The van der Waals surface area contributed by atoms with Crippen LogP contribution in [0.4, 0.5) is 0 Å². The second-order valence-corrected chi connectivity index (χ2v) is 6.38. The molecule has 1 fully saturated rings. The molecule has 1 saturated heterocycles. The van der Waals surface area contributed by atoms with Crippen molar-refractivity contribution >= 4 is 0 Å². The fraction of sp³-hybridized carbons (Fsp3) is 0.667. The summed E-state index contributed by atoms with van der Waals surface area (Å²) < 4.78 is 5.46. The molecule has 0 bridgehead atoms. The highest BCUT2D eigenvalue weighted by Crippen LogP contribution is 2.27. The van der Waals surface area contributed by atoms with Gasteiger partial charge in [-0.15, -0.1) is 0 Å². The summed E-state index contributed by atoms with van der Waals surface area (Å²) in [6.45, 7) is 7.69. The van der Waals surface area contributed by atoms with E-state index in [1.165, 1.54) is 44.3 Å². The van der Waals surface area contributed by atoms with Crippen LogP contribution in [0.25, 0.3) is 0 Å². The molecule has 3 heteroatoms. The number of rotatable bonds is 6. The first-order chi connectivity index (χ1) is 10.1. The summed E-state index contributed by atoms with van der Waals surface area (Å²) in [5.74, 6) is 1.84. The van der Waals surface area contributed by atoms with Crippen molar-refractivity contribution in [1.82, 2.24) is 4.90 Å².